The van der Waals surface area contributed by atoms with E-state index in [-0.39, 0.29) is 17.7 Å². The van der Waals surface area contributed by atoms with Crippen molar-refractivity contribution in [3.05, 3.63) is 46.2 Å². The number of nitrogens with one attached hydrogen (secondary N) is 2. The van der Waals surface area contributed by atoms with Crippen LogP contribution in [0.2, 0.25) is 0 Å². The second kappa shape index (κ2) is 9.97. The zero-order chi connectivity index (χ0) is 19.8. The summed E-state index contributed by atoms with van der Waals surface area (Å²) in [5.41, 5.74) is 1.02. The molecular formula is C20H26N2O4S. The van der Waals surface area contributed by atoms with E-state index in [0.29, 0.717) is 29.3 Å². The highest BCUT2D eigenvalue weighted by Gasteiger charge is 2.24. The standard InChI is InChI=1S/C20H26N2O4S/c1-13(2)18(22-19(23)17-6-5-11-27-17)20(24)21-10-9-14-7-8-15(25-3)16(12-14)26-4/h5-8,11-13,18H,9-10H2,1-4H3,(H,21,24)(H,22,23). The second-order valence-electron chi connectivity index (χ2n) is 6.40. The smallest absolute Gasteiger partial charge is 0.262 e. The molecule has 1 unspecified atom stereocenters. The molecule has 0 fully saturated rings. The lowest BCUT2D eigenvalue weighted by Crippen LogP contribution is -2.49. The van der Waals surface area contributed by atoms with E-state index in [4.69, 9.17) is 9.47 Å². The molecule has 1 heterocycles. The van der Waals surface area contributed by atoms with Crippen molar-refractivity contribution in [1.29, 1.82) is 0 Å². The predicted molar refractivity (Wildman–Crippen MR) is 107 cm³/mol. The Balaban J connectivity index is 1.91. The summed E-state index contributed by atoms with van der Waals surface area (Å²) in [6, 6.07) is 8.65. The molecule has 0 aliphatic carbocycles. The first kappa shape index (κ1) is 20.8. The number of thiophene rings is 1. The molecule has 7 heteroatoms. The summed E-state index contributed by atoms with van der Waals surface area (Å²) in [4.78, 5) is 25.4. The average Bonchev–Trinajstić information content (AvgIpc) is 3.20. The minimum Gasteiger partial charge on any atom is -0.493 e. The molecule has 0 aliphatic heterocycles. The summed E-state index contributed by atoms with van der Waals surface area (Å²) in [5, 5.41) is 7.57. The molecule has 0 aliphatic rings. The minimum absolute atomic E-state index is 0.0185. The summed E-state index contributed by atoms with van der Waals surface area (Å²) >= 11 is 1.35. The Morgan fingerprint density at radius 3 is 2.44 bits per heavy atom. The van der Waals surface area contributed by atoms with Crippen LogP contribution >= 0.6 is 11.3 Å². The zero-order valence-electron chi connectivity index (χ0n) is 16.1. The second-order valence-corrected chi connectivity index (χ2v) is 7.35. The first-order chi connectivity index (χ1) is 13.0. The molecule has 0 bridgehead atoms. The lowest BCUT2D eigenvalue weighted by molar-refractivity contribution is -0.123. The highest BCUT2D eigenvalue weighted by Crippen LogP contribution is 2.27. The maximum absolute atomic E-state index is 12.5. The van der Waals surface area contributed by atoms with Crippen LogP contribution in [0.3, 0.4) is 0 Å². The van der Waals surface area contributed by atoms with Crippen LogP contribution in [0.4, 0.5) is 0 Å². The molecule has 1 atom stereocenters. The zero-order valence-corrected chi connectivity index (χ0v) is 16.9. The summed E-state index contributed by atoms with van der Waals surface area (Å²) in [5.74, 6) is 0.898. The van der Waals surface area contributed by atoms with Gasteiger partial charge in [0.2, 0.25) is 5.91 Å². The molecule has 0 spiro atoms. The predicted octanol–water partition coefficient (Wildman–Crippen LogP) is 2.88. The van der Waals surface area contributed by atoms with Gasteiger partial charge in [-0.05, 0) is 41.5 Å². The van der Waals surface area contributed by atoms with Crippen LogP contribution in [0.5, 0.6) is 11.5 Å². The molecule has 1 aromatic carbocycles. The third-order valence-corrected chi connectivity index (χ3v) is 5.01. The van der Waals surface area contributed by atoms with Crippen molar-refractivity contribution < 1.29 is 19.1 Å². The fourth-order valence-electron chi connectivity index (χ4n) is 2.63. The number of hydrogen-bond donors (Lipinski definition) is 2. The Kier molecular flexibility index (Phi) is 7.67. The monoisotopic (exact) mass is 390 g/mol. The van der Waals surface area contributed by atoms with E-state index in [9.17, 15) is 9.59 Å². The molecule has 0 saturated carbocycles. The summed E-state index contributed by atoms with van der Waals surface area (Å²) < 4.78 is 10.5. The van der Waals surface area contributed by atoms with Crippen molar-refractivity contribution in [2.45, 2.75) is 26.3 Å². The largest absolute Gasteiger partial charge is 0.493 e. The molecule has 0 radical (unpaired) electrons. The maximum Gasteiger partial charge on any atom is 0.262 e. The van der Waals surface area contributed by atoms with Crippen molar-refractivity contribution in [3.63, 3.8) is 0 Å². The van der Waals surface area contributed by atoms with Gasteiger partial charge in [-0.1, -0.05) is 26.0 Å². The van der Waals surface area contributed by atoms with E-state index in [1.165, 1.54) is 11.3 Å². The minimum atomic E-state index is -0.579. The van der Waals surface area contributed by atoms with Crippen LogP contribution in [0, 0.1) is 5.92 Å². The van der Waals surface area contributed by atoms with Crippen LogP contribution < -0.4 is 20.1 Å². The van der Waals surface area contributed by atoms with Gasteiger partial charge in [0.05, 0.1) is 19.1 Å². The van der Waals surface area contributed by atoms with Gasteiger partial charge >= 0.3 is 0 Å². The fourth-order valence-corrected chi connectivity index (χ4v) is 3.26. The summed E-state index contributed by atoms with van der Waals surface area (Å²) in [6.45, 7) is 4.28. The number of carbonyl (C=O) groups is 2. The number of amides is 2. The first-order valence-corrected chi connectivity index (χ1v) is 9.67. The van der Waals surface area contributed by atoms with Gasteiger partial charge in [-0.2, -0.15) is 0 Å². The molecule has 0 saturated heterocycles. The van der Waals surface area contributed by atoms with Gasteiger partial charge in [-0.25, -0.2) is 0 Å². The number of hydrogen-bond acceptors (Lipinski definition) is 5. The SMILES string of the molecule is COc1ccc(CCNC(=O)C(NC(=O)c2cccs2)C(C)C)cc1OC. The maximum atomic E-state index is 12.5. The van der Waals surface area contributed by atoms with E-state index in [1.807, 2.05) is 43.5 Å². The van der Waals surface area contributed by atoms with Crippen molar-refractivity contribution in [1.82, 2.24) is 10.6 Å². The first-order valence-electron chi connectivity index (χ1n) is 8.79. The highest BCUT2D eigenvalue weighted by molar-refractivity contribution is 7.12. The molecule has 2 amide bonds. The van der Waals surface area contributed by atoms with Gasteiger partial charge in [-0.15, -0.1) is 11.3 Å². The fraction of sp³-hybridized carbons (Fsp3) is 0.400. The Labute approximate surface area is 163 Å². The Hall–Kier alpha value is -2.54. The van der Waals surface area contributed by atoms with Gasteiger partial charge in [0, 0.05) is 6.54 Å². The van der Waals surface area contributed by atoms with Crippen molar-refractivity contribution in [3.8, 4) is 11.5 Å². The van der Waals surface area contributed by atoms with Gasteiger partial charge in [-0.3, -0.25) is 9.59 Å². The molecular weight excluding hydrogens is 364 g/mol. The molecule has 27 heavy (non-hydrogen) atoms. The van der Waals surface area contributed by atoms with E-state index in [2.05, 4.69) is 10.6 Å². The van der Waals surface area contributed by atoms with E-state index in [0.717, 1.165) is 5.56 Å². The summed E-state index contributed by atoms with van der Waals surface area (Å²) in [6.07, 6.45) is 0.649. The van der Waals surface area contributed by atoms with Crippen LogP contribution in [0.25, 0.3) is 0 Å². The summed E-state index contributed by atoms with van der Waals surface area (Å²) in [7, 11) is 3.18. The van der Waals surface area contributed by atoms with Crippen molar-refractivity contribution in [2.75, 3.05) is 20.8 Å². The van der Waals surface area contributed by atoms with Gasteiger partial charge < -0.3 is 20.1 Å². The third kappa shape index (κ3) is 5.72. The number of benzene rings is 1. The molecule has 1 aromatic heterocycles. The number of methoxy groups -OCH3 is 2. The Morgan fingerprint density at radius 2 is 1.85 bits per heavy atom. The Morgan fingerprint density at radius 1 is 1.11 bits per heavy atom. The van der Waals surface area contributed by atoms with Crippen LogP contribution in [-0.4, -0.2) is 38.6 Å². The van der Waals surface area contributed by atoms with Crippen LogP contribution in [0.1, 0.15) is 29.1 Å². The Bertz CT molecular complexity index is 759. The van der Waals surface area contributed by atoms with Crippen molar-refractivity contribution in [2.24, 2.45) is 5.92 Å². The molecule has 146 valence electrons. The van der Waals surface area contributed by atoms with Crippen LogP contribution in [-0.2, 0) is 11.2 Å². The number of rotatable bonds is 9. The van der Waals surface area contributed by atoms with Crippen molar-refractivity contribution >= 4 is 23.2 Å². The van der Waals surface area contributed by atoms with Gasteiger partial charge in [0.25, 0.3) is 5.91 Å². The molecule has 2 N–H and O–H groups in total. The van der Waals surface area contributed by atoms with Crippen LogP contribution in [0.15, 0.2) is 35.7 Å². The van der Waals surface area contributed by atoms with E-state index in [1.54, 1.807) is 20.3 Å². The normalized spacial score (nSPS) is 11.7. The highest BCUT2D eigenvalue weighted by atomic mass is 32.1. The quantitative estimate of drug-likeness (QED) is 0.690. The number of ether oxygens (including phenoxy) is 2. The molecule has 2 rings (SSSR count). The topological polar surface area (TPSA) is 76.7 Å². The molecule has 2 aromatic rings. The van der Waals surface area contributed by atoms with Gasteiger partial charge in [0.15, 0.2) is 11.5 Å². The van der Waals surface area contributed by atoms with Gasteiger partial charge in [0.1, 0.15) is 6.04 Å². The average molecular weight is 391 g/mol. The molecule has 6 nitrogen and oxygen atoms in total. The number of carbonyl (C=O) groups excluding carboxylic acids is 2. The third-order valence-electron chi connectivity index (χ3n) is 4.14. The van der Waals surface area contributed by atoms with E-state index < -0.39 is 6.04 Å². The van der Waals surface area contributed by atoms with E-state index >= 15 is 0 Å². The lowest BCUT2D eigenvalue weighted by atomic mass is 10.0. The lowest BCUT2D eigenvalue weighted by Gasteiger charge is -2.21.